The summed E-state index contributed by atoms with van der Waals surface area (Å²) in [6.07, 6.45) is 5.06. The first-order valence-electron chi connectivity index (χ1n) is 6.38. The molecule has 2 aliphatic rings. The molecule has 3 nitrogen and oxygen atoms in total. The molecule has 0 unspecified atom stereocenters. The van der Waals surface area contributed by atoms with E-state index in [1.54, 1.807) is 18.2 Å². The van der Waals surface area contributed by atoms with Crippen LogP contribution in [-0.4, -0.2) is 32.9 Å². The van der Waals surface area contributed by atoms with E-state index in [2.05, 4.69) is 33.5 Å². The van der Waals surface area contributed by atoms with E-state index in [9.17, 15) is 4.79 Å². The Kier molecular flexibility index (Phi) is 3.16. The maximum Gasteiger partial charge on any atom is 0.208 e. The van der Waals surface area contributed by atoms with E-state index in [1.807, 2.05) is 0 Å². The normalized spacial score (nSPS) is 26.3. The Labute approximate surface area is 110 Å². The number of rotatable bonds is 1. The average Bonchev–Trinajstić information content (AvgIpc) is 2.24. The Balaban J connectivity index is 2.34. The summed E-state index contributed by atoms with van der Waals surface area (Å²) in [6, 6.07) is 0. The minimum absolute atomic E-state index is 0.0328. The summed E-state index contributed by atoms with van der Waals surface area (Å²) in [5.41, 5.74) is 0.0328. The van der Waals surface area contributed by atoms with Gasteiger partial charge in [-0.2, -0.15) is 0 Å². The van der Waals surface area contributed by atoms with Crippen LogP contribution in [0.25, 0.3) is 0 Å². The largest absolute Gasteiger partial charge is 0.343 e. The Morgan fingerprint density at radius 3 is 2.22 bits per heavy atom. The minimum Gasteiger partial charge on any atom is -0.343 e. The van der Waals surface area contributed by atoms with Gasteiger partial charge < -0.3 is 9.47 Å². The van der Waals surface area contributed by atoms with Gasteiger partial charge in [0.2, 0.25) is 5.79 Å². The third-order valence-corrected chi connectivity index (χ3v) is 5.40. The molecule has 0 saturated carbocycles. The molecule has 0 aromatic heterocycles. The number of carbonyl (C=O) groups is 1. The van der Waals surface area contributed by atoms with E-state index >= 15 is 0 Å². The molecular weight excluding hydrogens is 244 g/mol. The third-order valence-electron chi connectivity index (χ3n) is 3.29. The molecule has 1 saturated heterocycles. The van der Waals surface area contributed by atoms with Gasteiger partial charge in [-0.15, -0.1) is 0 Å². The first kappa shape index (κ1) is 13.7. The summed E-state index contributed by atoms with van der Waals surface area (Å²) in [6.45, 7) is 12.2. The lowest BCUT2D eigenvalue weighted by atomic mass is 9.94. The topological polar surface area (TPSA) is 35.5 Å². The monoisotopic (exact) mass is 266 g/mol. The van der Waals surface area contributed by atoms with Gasteiger partial charge in [-0.05, 0) is 23.4 Å². The molecule has 0 bridgehead atoms. The fourth-order valence-corrected chi connectivity index (χ4v) is 4.10. The van der Waals surface area contributed by atoms with E-state index in [-0.39, 0.29) is 11.2 Å². The molecule has 1 fully saturated rings. The van der Waals surface area contributed by atoms with Crippen molar-refractivity contribution in [2.24, 2.45) is 5.41 Å². The van der Waals surface area contributed by atoms with E-state index in [0.29, 0.717) is 13.2 Å². The Morgan fingerprint density at radius 1 is 1.17 bits per heavy atom. The van der Waals surface area contributed by atoms with Gasteiger partial charge in [0.25, 0.3) is 0 Å². The number of allylic oxidation sites excluding steroid dienone is 2. The summed E-state index contributed by atoms with van der Waals surface area (Å²) in [5, 5.41) is 1.04. The molecule has 0 radical (unpaired) electrons. The van der Waals surface area contributed by atoms with Gasteiger partial charge >= 0.3 is 0 Å². The van der Waals surface area contributed by atoms with Gasteiger partial charge in [-0.1, -0.05) is 33.5 Å². The van der Waals surface area contributed by atoms with Crippen molar-refractivity contribution in [3.8, 4) is 0 Å². The van der Waals surface area contributed by atoms with Gasteiger partial charge in [0.05, 0.1) is 21.3 Å². The molecule has 1 heterocycles. The van der Waals surface area contributed by atoms with Crippen LogP contribution in [0, 0.1) is 5.41 Å². The highest BCUT2D eigenvalue weighted by Crippen LogP contribution is 2.40. The van der Waals surface area contributed by atoms with Gasteiger partial charge in [-0.3, -0.25) is 4.79 Å². The number of hydrogen-bond acceptors (Lipinski definition) is 3. The number of ether oxygens (including phenoxy) is 2. The lowest BCUT2D eigenvalue weighted by Gasteiger charge is -2.46. The molecule has 0 aromatic rings. The first-order valence-corrected chi connectivity index (χ1v) is 9.88. The SMILES string of the molecule is CC1(C)COC2(C=CC(=O)C=C2[Si](C)(C)C)OC1. The molecule has 18 heavy (non-hydrogen) atoms. The number of hydrogen-bond donors (Lipinski definition) is 0. The molecule has 0 aromatic carbocycles. The molecule has 2 rings (SSSR count). The molecule has 4 heteroatoms. The van der Waals surface area contributed by atoms with Crippen molar-refractivity contribution < 1.29 is 14.3 Å². The summed E-state index contributed by atoms with van der Waals surface area (Å²) < 4.78 is 12.0. The van der Waals surface area contributed by atoms with Crippen LogP contribution >= 0.6 is 0 Å². The van der Waals surface area contributed by atoms with Crippen LogP contribution in [0.1, 0.15) is 13.8 Å². The first-order chi connectivity index (χ1) is 8.15. The molecule has 0 atom stereocenters. The van der Waals surface area contributed by atoms with Crippen LogP contribution in [0.5, 0.6) is 0 Å². The quantitative estimate of drug-likeness (QED) is 0.685. The Hall–Kier alpha value is -0.713. The summed E-state index contributed by atoms with van der Waals surface area (Å²) >= 11 is 0. The summed E-state index contributed by atoms with van der Waals surface area (Å²) in [4.78, 5) is 11.6. The van der Waals surface area contributed by atoms with E-state index in [0.717, 1.165) is 5.20 Å². The van der Waals surface area contributed by atoms with Crippen molar-refractivity contribution in [1.82, 2.24) is 0 Å². The van der Waals surface area contributed by atoms with Crippen LogP contribution in [0.3, 0.4) is 0 Å². The van der Waals surface area contributed by atoms with Gasteiger partial charge in [0, 0.05) is 5.41 Å². The lowest BCUT2D eigenvalue weighted by Crippen LogP contribution is -2.53. The Morgan fingerprint density at radius 2 is 1.72 bits per heavy atom. The van der Waals surface area contributed by atoms with Crippen molar-refractivity contribution in [3.05, 3.63) is 23.4 Å². The molecular formula is C14H22O3Si. The van der Waals surface area contributed by atoms with Gasteiger partial charge in [0.15, 0.2) is 5.78 Å². The minimum atomic E-state index is -1.67. The van der Waals surface area contributed by atoms with Crippen molar-refractivity contribution in [2.75, 3.05) is 13.2 Å². The van der Waals surface area contributed by atoms with E-state index < -0.39 is 13.9 Å². The predicted octanol–water partition coefficient (Wildman–Crippen LogP) is 2.70. The maximum absolute atomic E-state index is 11.6. The standard InChI is InChI=1S/C14H22O3Si/c1-13(2)9-16-14(17-10-13)7-6-11(15)8-12(14)18(3,4)5/h6-8H,9-10H2,1-5H3. The van der Waals surface area contributed by atoms with Crippen LogP contribution in [-0.2, 0) is 14.3 Å². The smallest absolute Gasteiger partial charge is 0.208 e. The highest BCUT2D eigenvalue weighted by atomic mass is 28.3. The highest BCUT2D eigenvalue weighted by molar-refractivity contribution is 6.83. The second-order valence-corrected chi connectivity index (χ2v) is 12.0. The Bertz CT molecular complexity index is 417. The molecule has 1 aliphatic carbocycles. The second-order valence-electron chi connectivity index (χ2n) is 6.95. The van der Waals surface area contributed by atoms with Crippen LogP contribution in [0.15, 0.2) is 23.4 Å². The summed E-state index contributed by atoms with van der Waals surface area (Å²) in [5.74, 6) is -0.747. The fraction of sp³-hybridized carbons (Fsp3) is 0.643. The summed E-state index contributed by atoms with van der Waals surface area (Å²) in [7, 11) is -1.67. The fourth-order valence-electron chi connectivity index (χ4n) is 2.25. The van der Waals surface area contributed by atoms with Crippen molar-refractivity contribution in [2.45, 2.75) is 39.3 Å². The molecule has 1 aliphatic heterocycles. The van der Waals surface area contributed by atoms with Crippen molar-refractivity contribution >= 4 is 13.9 Å². The van der Waals surface area contributed by atoms with Crippen molar-refractivity contribution in [1.29, 1.82) is 0 Å². The zero-order valence-corrected chi connectivity index (χ0v) is 12.9. The number of ketones is 1. The second kappa shape index (κ2) is 4.15. The van der Waals surface area contributed by atoms with E-state index in [4.69, 9.17) is 9.47 Å². The zero-order chi connectivity index (χ0) is 13.6. The van der Waals surface area contributed by atoms with Gasteiger partial charge in [0.1, 0.15) is 0 Å². The average molecular weight is 266 g/mol. The molecule has 1 spiro atoms. The van der Waals surface area contributed by atoms with Crippen LogP contribution < -0.4 is 0 Å². The molecule has 100 valence electrons. The molecule has 0 amide bonds. The highest BCUT2D eigenvalue weighted by Gasteiger charge is 2.47. The maximum atomic E-state index is 11.6. The van der Waals surface area contributed by atoms with Crippen LogP contribution in [0.2, 0.25) is 19.6 Å². The van der Waals surface area contributed by atoms with Crippen LogP contribution in [0.4, 0.5) is 0 Å². The predicted molar refractivity (Wildman–Crippen MR) is 74.0 cm³/mol. The lowest BCUT2D eigenvalue weighted by molar-refractivity contribution is -0.249. The third kappa shape index (κ3) is 2.51. The number of carbonyl (C=O) groups excluding carboxylic acids is 1. The van der Waals surface area contributed by atoms with E-state index in [1.165, 1.54) is 0 Å². The van der Waals surface area contributed by atoms with Crippen molar-refractivity contribution in [3.63, 3.8) is 0 Å². The zero-order valence-electron chi connectivity index (χ0n) is 11.9. The molecule has 0 N–H and O–H groups in total. The van der Waals surface area contributed by atoms with Gasteiger partial charge in [-0.25, -0.2) is 0 Å².